The topological polar surface area (TPSA) is 70.7 Å². The molecule has 1 aromatic rings. The highest BCUT2D eigenvalue weighted by atomic mass is 16.5. The van der Waals surface area contributed by atoms with E-state index in [1.165, 1.54) is 6.92 Å². The molecule has 1 aromatic carbocycles. The van der Waals surface area contributed by atoms with Gasteiger partial charge in [0.25, 0.3) is 0 Å². The predicted molar refractivity (Wildman–Crippen MR) is 81.9 cm³/mol. The van der Waals surface area contributed by atoms with E-state index in [0.717, 1.165) is 0 Å². The molecule has 0 saturated carbocycles. The number of nitrogens with one attached hydrogen (secondary N) is 2. The third-order valence-corrected chi connectivity index (χ3v) is 2.95. The van der Waals surface area contributed by atoms with E-state index in [0.29, 0.717) is 30.3 Å². The van der Waals surface area contributed by atoms with Gasteiger partial charge in [0, 0.05) is 18.2 Å². The number of rotatable bonds is 1. The Kier molecular flexibility index (Phi) is 4.06. The minimum Gasteiger partial charge on any atom is -0.490 e. The number of fused-ring (bicyclic) bond motifs is 1. The molecule has 1 aliphatic rings. The number of carbonyl (C=O) groups excluding carboxylic acids is 2. The van der Waals surface area contributed by atoms with E-state index in [-0.39, 0.29) is 17.5 Å². The van der Waals surface area contributed by atoms with E-state index in [1.54, 1.807) is 23.1 Å². The van der Waals surface area contributed by atoms with E-state index in [1.807, 2.05) is 20.8 Å². The fraction of sp³-hybridized carbons (Fsp3) is 0.467. The second kappa shape index (κ2) is 5.63. The quantitative estimate of drug-likeness (QED) is 0.834. The Morgan fingerprint density at radius 3 is 2.62 bits per heavy atom. The highest BCUT2D eigenvalue weighted by Crippen LogP contribution is 2.34. The molecule has 0 radical (unpaired) electrons. The van der Waals surface area contributed by atoms with Gasteiger partial charge in [-0.15, -0.1) is 0 Å². The summed E-state index contributed by atoms with van der Waals surface area (Å²) >= 11 is 0. The van der Waals surface area contributed by atoms with Crippen molar-refractivity contribution < 1.29 is 14.3 Å². The Hall–Kier alpha value is -2.24. The van der Waals surface area contributed by atoms with Crippen molar-refractivity contribution >= 4 is 23.3 Å². The first-order valence-electron chi connectivity index (χ1n) is 6.90. The van der Waals surface area contributed by atoms with Crippen molar-refractivity contribution in [1.29, 1.82) is 0 Å². The van der Waals surface area contributed by atoms with Gasteiger partial charge in [0.05, 0.1) is 12.2 Å². The summed E-state index contributed by atoms with van der Waals surface area (Å²) in [7, 11) is 0. The molecule has 0 spiro atoms. The molecule has 0 saturated heterocycles. The average molecular weight is 291 g/mol. The lowest BCUT2D eigenvalue weighted by Crippen LogP contribution is -2.43. The van der Waals surface area contributed by atoms with E-state index in [4.69, 9.17) is 4.74 Å². The standard InChI is InChI=1S/C15H21N3O3/c1-10(19)18-7-8-21-13-6-5-11(9-12(13)18)16-14(20)17-15(2,3)4/h5-6,9H,7-8H2,1-4H3,(H2,16,17,20). The number of hydrogen-bond acceptors (Lipinski definition) is 3. The van der Waals surface area contributed by atoms with E-state index in [2.05, 4.69) is 10.6 Å². The van der Waals surface area contributed by atoms with Gasteiger partial charge in [0.1, 0.15) is 12.4 Å². The maximum Gasteiger partial charge on any atom is 0.319 e. The second-order valence-electron chi connectivity index (χ2n) is 6.03. The monoisotopic (exact) mass is 291 g/mol. The van der Waals surface area contributed by atoms with Crippen LogP contribution in [-0.2, 0) is 4.79 Å². The highest BCUT2D eigenvalue weighted by molar-refractivity contribution is 5.96. The van der Waals surface area contributed by atoms with Crippen molar-refractivity contribution in [3.05, 3.63) is 18.2 Å². The number of ether oxygens (including phenoxy) is 1. The zero-order chi connectivity index (χ0) is 15.6. The smallest absolute Gasteiger partial charge is 0.319 e. The van der Waals surface area contributed by atoms with Gasteiger partial charge in [-0.1, -0.05) is 0 Å². The van der Waals surface area contributed by atoms with E-state index in [9.17, 15) is 9.59 Å². The molecular formula is C15H21N3O3. The Morgan fingerprint density at radius 1 is 1.29 bits per heavy atom. The molecule has 6 nitrogen and oxygen atoms in total. The van der Waals surface area contributed by atoms with Crippen LogP contribution in [0.25, 0.3) is 0 Å². The first-order valence-corrected chi connectivity index (χ1v) is 6.90. The lowest BCUT2D eigenvalue weighted by Gasteiger charge is -2.29. The summed E-state index contributed by atoms with van der Waals surface area (Å²) in [5.41, 5.74) is 0.988. The summed E-state index contributed by atoms with van der Waals surface area (Å²) < 4.78 is 5.52. The molecule has 0 bridgehead atoms. The maximum atomic E-state index is 11.9. The first kappa shape index (κ1) is 15.2. The third-order valence-electron chi connectivity index (χ3n) is 2.95. The summed E-state index contributed by atoms with van der Waals surface area (Å²) in [6.07, 6.45) is 0. The molecule has 0 unspecified atom stereocenters. The molecule has 2 N–H and O–H groups in total. The van der Waals surface area contributed by atoms with Crippen molar-refractivity contribution in [3.63, 3.8) is 0 Å². The van der Waals surface area contributed by atoms with Crippen molar-refractivity contribution in [2.75, 3.05) is 23.4 Å². The zero-order valence-corrected chi connectivity index (χ0v) is 12.8. The molecular weight excluding hydrogens is 270 g/mol. The van der Waals surface area contributed by atoms with Gasteiger partial charge in [-0.2, -0.15) is 0 Å². The summed E-state index contributed by atoms with van der Waals surface area (Å²) in [5.74, 6) is 0.606. The third kappa shape index (κ3) is 3.87. The van der Waals surface area contributed by atoms with Crippen LogP contribution in [0.1, 0.15) is 27.7 Å². The number of hydrogen-bond donors (Lipinski definition) is 2. The summed E-state index contributed by atoms with van der Waals surface area (Å²) in [5, 5.41) is 5.58. The van der Waals surface area contributed by atoms with Crippen LogP contribution in [0.15, 0.2) is 18.2 Å². The van der Waals surface area contributed by atoms with Gasteiger partial charge in [-0.05, 0) is 39.0 Å². The predicted octanol–water partition coefficient (Wildman–Crippen LogP) is 2.35. The average Bonchev–Trinajstić information content (AvgIpc) is 2.35. The van der Waals surface area contributed by atoms with E-state index >= 15 is 0 Å². The molecule has 6 heteroatoms. The van der Waals surface area contributed by atoms with Gasteiger partial charge < -0.3 is 20.3 Å². The minimum atomic E-state index is -0.313. The van der Waals surface area contributed by atoms with Gasteiger partial charge in [0.2, 0.25) is 5.91 Å². The number of urea groups is 1. The van der Waals surface area contributed by atoms with Crippen molar-refractivity contribution in [2.45, 2.75) is 33.2 Å². The fourth-order valence-corrected chi connectivity index (χ4v) is 2.13. The molecule has 1 heterocycles. The molecule has 0 atom stereocenters. The van der Waals surface area contributed by atoms with Crippen LogP contribution in [0.3, 0.4) is 0 Å². The Labute approximate surface area is 124 Å². The molecule has 0 aromatic heterocycles. The Bertz CT molecular complexity index is 564. The van der Waals surface area contributed by atoms with Gasteiger partial charge in [-0.25, -0.2) is 4.79 Å². The molecule has 3 amide bonds. The minimum absolute atomic E-state index is 0.0455. The van der Waals surface area contributed by atoms with E-state index < -0.39 is 0 Å². The number of nitrogens with zero attached hydrogens (tertiary/aromatic N) is 1. The molecule has 0 fully saturated rings. The van der Waals surface area contributed by atoms with Crippen LogP contribution in [0.2, 0.25) is 0 Å². The van der Waals surface area contributed by atoms with Crippen LogP contribution in [-0.4, -0.2) is 30.6 Å². The summed E-state index contributed by atoms with van der Waals surface area (Å²) in [6.45, 7) is 8.23. The van der Waals surface area contributed by atoms with Gasteiger partial charge in [0.15, 0.2) is 0 Å². The van der Waals surface area contributed by atoms with Crippen LogP contribution >= 0.6 is 0 Å². The first-order chi connectivity index (χ1) is 9.76. The SMILES string of the molecule is CC(=O)N1CCOc2ccc(NC(=O)NC(C)(C)C)cc21. The molecule has 21 heavy (non-hydrogen) atoms. The second-order valence-corrected chi connectivity index (χ2v) is 6.03. The largest absolute Gasteiger partial charge is 0.490 e. The number of amides is 3. The van der Waals surface area contributed by atoms with Crippen LogP contribution < -0.4 is 20.3 Å². The van der Waals surface area contributed by atoms with Crippen LogP contribution in [0.4, 0.5) is 16.2 Å². The molecule has 0 aliphatic carbocycles. The Morgan fingerprint density at radius 2 is 2.00 bits per heavy atom. The Balaban J connectivity index is 2.18. The summed E-state index contributed by atoms with van der Waals surface area (Å²) in [4.78, 5) is 25.2. The van der Waals surface area contributed by atoms with Crippen LogP contribution in [0, 0.1) is 0 Å². The number of benzene rings is 1. The number of anilines is 2. The lowest BCUT2D eigenvalue weighted by molar-refractivity contribution is -0.116. The summed E-state index contributed by atoms with van der Waals surface area (Å²) in [6, 6.07) is 4.98. The molecule has 1 aliphatic heterocycles. The maximum absolute atomic E-state index is 11.9. The molecule has 114 valence electrons. The van der Waals surface area contributed by atoms with Gasteiger partial charge >= 0.3 is 6.03 Å². The van der Waals surface area contributed by atoms with Gasteiger partial charge in [-0.3, -0.25) is 4.79 Å². The number of carbonyl (C=O) groups is 2. The normalized spacial score (nSPS) is 14.0. The fourth-order valence-electron chi connectivity index (χ4n) is 2.13. The van der Waals surface area contributed by atoms with Crippen LogP contribution in [0.5, 0.6) is 5.75 Å². The highest BCUT2D eigenvalue weighted by Gasteiger charge is 2.22. The van der Waals surface area contributed by atoms with Crippen molar-refractivity contribution in [3.8, 4) is 5.75 Å². The zero-order valence-electron chi connectivity index (χ0n) is 12.8. The van der Waals surface area contributed by atoms with Crippen molar-refractivity contribution in [2.24, 2.45) is 0 Å². The van der Waals surface area contributed by atoms with Crippen molar-refractivity contribution in [1.82, 2.24) is 5.32 Å². The molecule has 2 rings (SSSR count). The lowest BCUT2D eigenvalue weighted by atomic mass is 10.1.